The van der Waals surface area contributed by atoms with E-state index in [1.54, 1.807) is 11.8 Å². The first kappa shape index (κ1) is 24.2. The molecule has 0 fully saturated rings. The van der Waals surface area contributed by atoms with Gasteiger partial charge in [-0.1, -0.05) is 60.1 Å². The third-order valence-corrected chi connectivity index (χ3v) is 7.04. The minimum atomic E-state index is 0.134. The van der Waals surface area contributed by atoms with E-state index in [4.69, 9.17) is 4.98 Å². The molecule has 1 amide bonds. The fourth-order valence-corrected chi connectivity index (χ4v) is 4.73. The Kier molecular flexibility index (Phi) is 7.83. The van der Waals surface area contributed by atoms with Gasteiger partial charge in [0, 0.05) is 30.1 Å². The molecule has 0 bridgehead atoms. The molecule has 6 nitrogen and oxygen atoms in total. The van der Waals surface area contributed by atoms with Crippen LogP contribution in [0.25, 0.3) is 22.1 Å². The third kappa shape index (κ3) is 5.76. The quantitative estimate of drug-likeness (QED) is 0.231. The number of nitrogens with one attached hydrogen (secondary N) is 1. The maximum absolute atomic E-state index is 12.0. The highest BCUT2D eigenvalue weighted by Gasteiger charge is 2.16. The first-order valence-electron chi connectivity index (χ1n) is 12.1. The van der Waals surface area contributed by atoms with E-state index in [0.717, 1.165) is 53.6 Å². The van der Waals surface area contributed by atoms with Crippen molar-refractivity contribution < 1.29 is 4.79 Å². The van der Waals surface area contributed by atoms with Gasteiger partial charge in [-0.2, -0.15) is 0 Å². The minimum absolute atomic E-state index is 0.134. The number of aryl methyl sites for hydroxylation is 2. The van der Waals surface area contributed by atoms with Gasteiger partial charge in [-0.25, -0.2) is 4.98 Å². The van der Waals surface area contributed by atoms with E-state index in [9.17, 15) is 4.79 Å². The molecule has 4 rings (SSSR count). The molecule has 1 unspecified atom stereocenters. The lowest BCUT2D eigenvalue weighted by molar-refractivity contribution is -0.121. The number of carbonyl (C=O) groups excluding carboxylic acids is 1. The Morgan fingerprint density at radius 1 is 1.06 bits per heavy atom. The molecular weight excluding hydrogens is 442 g/mol. The summed E-state index contributed by atoms with van der Waals surface area (Å²) in [6.45, 7) is 9.04. The molecule has 2 aromatic heterocycles. The summed E-state index contributed by atoms with van der Waals surface area (Å²) in [5.41, 5.74) is 6.51. The molecule has 0 saturated heterocycles. The van der Waals surface area contributed by atoms with E-state index in [0.29, 0.717) is 11.6 Å². The Morgan fingerprint density at radius 3 is 2.59 bits per heavy atom. The largest absolute Gasteiger partial charge is 0.354 e. The summed E-state index contributed by atoms with van der Waals surface area (Å²) in [6, 6.07) is 15.3. The smallest absolute Gasteiger partial charge is 0.220 e. The van der Waals surface area contributed by atoms with Crippen LogP contribution in [0.1, 0.15) is 56.2 Å². The predicted molar refractivity (Wildman–Crippen MR) is 140 cm³/mol. The van der Waals surface area contributed by atoms with Crippen LogP contribution in [0.2, 0.25) is 0 Å². The van der Waals surface area contributed by atoms with Gasteiger partial charge in [0.05, 0.1) is 5.52 Å². The SMILES string of the molecule is CCC(C)NC(=O)CCCCSc1nnc2c3cc(C)ccc3n(Cc3ccc(C)cc3)c2n1. The zero-order chi connectivity index (χ0) is 24.1. The van der Waals surface area contributed by atoms with Gasteiger partial charge in [-0.3, -0.25) is 4.79 Å². The Balaban J connectivity index is 1.50. The number of thioether (sulfide) groups is 1. The number of aromatic nitrogens is 4. The van der Waals surface area contributed by atoms with E-state index >= 15 is 0 Å². The fraction of sp³-hybridized carbons (Fsp3) is 0.407. The number of hydrogen-bond acceptors (Lipinski definition) is 5. The Bertz CT molecular complexity index is 1280. The summed E-state index contributed by atoms with van der Waals surface area (Å²) < 4.78 is 2.24. The fourth-order valence-electron chi connectivity index (χ4n) is 3.95. The van der Waals surface area contributed by atoms with Crippen molar-refractivity contribution in [3.63, 3.8) is 0 Å². The predicted octanol–water partition coefficient (Wildman–Crippen LogP) is 5.82. The van der Waals surface area contributed by atoms with Crippen LogP contribution in [-0.2, 0) is 11.3 Å². The number of benzene rings is 2. The summed E-state index contributed by atoms with van der Waals surface area (Å²) in [5.74, 6) is 0.996. The molecule has 0 aliphatic heterocycles. The maximum atomic E-state index is 12.0. The van der Waals surface area contributed by atoms with Crippen molar-refractivity contribution in [3.05, 3.63) is 59.2 Å². The molecule has 2 aromatic carbocycles. The zero-order valence-corrected chi connectivity index (χ0v) is 21.3. The molecule has 1 N–H and O–H groups in total. The first-order valence-corrected chi connectivity index (χ1v) is 13.0. The monoisotopic (exact) mass is 475 g/mol. The number of nitrogens with zero attached hydrogens (tertiary/aromatic N) is 4. The highest BCUT2D eigenvalue weighted by atomic mass is 32.2. The molecule has 0 saturated carbocycles. The second kappa shape index (κ2) is 11.0. The molecule has 0 radical (unpaired) electrons. The summed E-state index contributed by atoms with van der Waals surface area (Å²) in [6.07, 6.45) is 3.31. The van der Waals surface area contributed by atoms with Gasteiger partial charge in [-0.15, -0.1) is 10.2 Å². The molecule has 1 atom stereocenters. The minimum Gasteiger partial charge on any atom is -0.354 e. The van der Waals surface area contributed by atoms with Crippen molar-refractivity contribution in [2.45, 2.75) is 71.1 Å². The average Bonchev–Trinajstić information content (AvgIpc) is 3.12. The molecule has 2 heterocycles. The van der Waals surface area contributed by atoms with Gasteiger partial charge in [-0.05, 0) is 57.7 Å². The number of hydrogen-bond donors (Lipinski definition) is 1. The molecular formula is C27H33N5OS. The van der Waals surface area contributed by atoms with Gasteiger partial charge < -0.3 is 9.88 Å². The third-order valence-electron chi connectivity index (χ3n) is 6.11. The zero-order valence-electron chi connectivity index (χ0n) is 20.5. The first-order chi connectivity index (χ1) is 16.4. The number of rotatable bonds is 10. The second-order valence-electron chi connectivity index (χ2n) is 9.04. The van der Waals surface area contributed by atoms with Crippen LogP contribution in [0.3, 0.4) is 0 Å². The van der Waals surface area contributed by atoms with Crippen LogP contribution in [0.4, 0.5) is 0 Å². The van der Waals surface area contributed by atoms with Crippen molar-refractivity contribution >= 4 is 39.7 Å². The van der Waals surface area contributed by atoms with Crippen LogP contribution >= 0.6 is 11.8 Å². The van der Waals surface area contributed by atoms with Gasteiger partial charge in [0.25, 0.3) is 0 Å². The lowest BCUT2D eigenvalue weighted by Crippen LogP contribution is -2.31. The van der Waals surface area contributed by atoms with E-state index in [2.05, 4.69) is 83.3 Å². The molecule has 0 spiro atoms. The van der Waals surface area contributed by atoms with Crippen LogP contribution in [0.5, 0.6) is 0 Å². The number of amides is 1. The standard InChI is InChI=1S/C27H33N5OS/c1-5-20(4)28-24(33)8-6-7-15-34-27-29-26-25(30-31-27)22-16-19(3)11-14-23(22)32(26)17-21-12-9-18(2)10-13-21/h9-14,16,20H,5-8,15,17H2,1-4H3,(H,28,33). The van der Waals surface area contributed by atoms with Crippen molar-refractivity contribution in [1.82, 2.24) is 25.1 Å². The Morgan fingerprint density at radius 2 is 1.82 bits per heavy atom. The molecule has 0 aliphatic carbocycles. The number of unbranched alkanes of at least 4 members (excludes halogenated alkanes) is 1. The molecule has 7 heteroatoms. The Labute approximate surface area is 205 Å². The topological polar surface area (TPSA) is 72.7 Å². The summed E-state index contributed by atoms with van der Waals surface area (Å²) >= 11 is 1.61. The van der Waals surface area contributed by atoms with E-state index in [-0.39, 0.29) is 11.9 Å². The number of fused-ring (bicyclic) bond motifs is 3. The highest BCUT2D eigenvalue weighted by molar-refractivity contribution is 7.99. The van der Waals surface area contributed by atoms with Crippen molar-refractivity contribution in [1.29, 1.82) is 0 Å². The van der Waals surface area contributed by atoms with Crippen LogP contribution in [-0.4, -0.2) is 37.5 Å². The van der Waals surface area contributed by atoms with Gasteiger partial charge in [0.2, 0.25) is 11.1 Å². The highest BCUT2D eigenvalue weighted by Crippen LogP contribution is 2.29. The molecule has 4 aromatic rings. The van der Waals surface area contributed by atoms with Gasteiger partial charge in [0.15, 0.2) is 5.65 Å². The average molecular weight is 476 g/mol. The van der Waals surface area contributed by atoms with Crippen LogP contribution < -0.4 is 5.32 Å². The summed E-state index contributed by atoms with van der Waals surface area (Å²) in [7, 11) is 0. The van der Waals surface area contributed by atoms with E-state index in [1.807, 2.05) is 6.92 Å². The lowest BCUT2D eigenvalue weighted by atomic mass is 10.1. The van der Waals surface area contributed by atoms with Crippen LogP contribution in [0, 0.1) is 13.8 Å². The van der Waals surface area contributed by atoms with Crippen molar-refractivity contribution in [2.24, 2.45) is 0 Å². The summed E-state index contributed by atoms with van der Waals surface area (Å²) in [5, 5.41) is 13.8. The van der Waals surface area contributed by atoms with Gasteiger partial charge in [0.1, 0.15) is 5.52 Å². The molecule has 178 valence electrons. The Hall–Kier alpha value is -2.93. The maximum Gasteiger partial charge on any atom is 0.220 e. The van der Waals surface area contributed by atoms with Crippen LogP contribution in [0.15, 0.2) is 47.6 Å². The molecule has 34 heavy (non-hydrogen) atoms. The molecule has 0 aliphatic rings. The second-order valence-corrected chi connectivity index (χ2v) is 10.1. The van der Waals surface area contributed by atoms with Gasteiger partial charge >= 0.3 is 0 Å². The van der Waals surface area contributed by atoms with Crippen molar-refractivity contribution in [2.75, 3.05) is 5.75 Å². The normalized spacial score (nSPS) is 12.4. The number of carbonyl (C=O) groups is 1. The van der Waals surface area contributed by atoms with E-state index < -0.39 is 0 Å². The lowest BCUT2D eigenvalue weighted by Gasteiger charge is -2.10. The van der Waals surface area contributed by atoms with Crippen molar-refractivity contribution in [3.8, 4) is 0 Å². The summed E-state index contributed by atoms with van der Waals surface area (Å²) in [4.78, 5) is 16.9. The van der Waals surface area contributed by atoms with E-state index in [1.165, 1.54) is 16.7 Å².